The van der Waals surface area contributed by atoms with Gasteiger partial charge in [0.15, 0.2) is 18.1 Å². The van der Waals surface area contributed by atoms with E-state index in [-0.39, 0.29) is 18.1 Å². The maximum atomic E-state index is 12.4. The van der Waals surface area contributed by atoms with Gasteiger partial charge in [-0.15, -0.1) is 0 Å². The van der Waals surface area contributed by atoms with Crippen LogP contribution in [-0.2, 0) is 24.3 Å². The molecule has 0 saturated heterocycles. The van der Waals surface area contributed by atoms with Crippen LogP contribution in [0.1, 0.15) is 30.7 Å². The molecule has 6 nitrogen and oxygen atoms in total. The molecular formula is C18H19N3O3. The number of hydrogen-bond acceptors (Lipinski definition) is 5. The van der Waals surface area contributed by atoms with Crippen molar-refractivity contribution in [2.75, 3.05) is 6.61 Å². The van der Waals surface area contributed by atoms with Crippen LogP contribution in [0.5, 0.6) is 11.5 Å². The number of ether oxygens (including phenoxy) is 2. The summed E-state index contributed by atoms with van der Waals surface area (Å²) in [5.41, 5.74) is 2.79. The molecule has 4 rings (SSSR count). The number of para-hydroxylation sites is 1. The summed E-state index contributed by atoms with van der Waals surface area (Å²) in [5, 5.41) is 0. The number of aromatic nitrogens is 2. The minimum absolute atomic E-state index is 0.0122. The van der Waals surface area contributed by atoms with Gasteiger partial charge in [0, 0.05) is 30.3 Å². The first-order valence-electron chi connectivity index (χ1n) is 8.01. The molecule has 2 aromatic rings. The Morgan fingerprint density at radius 3 is 3.04 bits per heavy atom. The van der Waals surface area contributed by atoms with E-state index in [0.29, 0.717) is 18.8 Å². The van der Waals surface area contributed by atoms with Gasteiger partial charge in [-0.25, -0.2) is 9.97 Å². The average Bonchev–Trinajstić information content (AvgIpc) is 3.11. The topological polar surface area (TPSA) is 64.5 Å². The number of benzene rings is 1. The molecule has 1 aromatic heterocycles. The molecule has 124 valence electrons. The smallest absolute Gasteiger partial charge is 0.261 e. The molecule has 0 atom stereocenters. The van der Waals surface area contributed by atoms with Gasteiger partial charge in [0.2, 0.25) is 0 Å². The van der Waals surface area contributed by atoms with Gasteiger partial charge in [-0.3, -0.25) is 4.79 Å². The minimum atomic E-state index is -0.235. The van der Waals surface area contributed by atoms with Gasteiger partial charge in [-0.1, -0.05) is 12.1 Å². The van der Waals surface area contributed by atoms with E-state index in [1.165, 1.54) is 6.33 Å². The van der Waals surface area contributed by atoms with Gasteiger partial charge in [-0.05, 0) is 19.9 Å². The van der Waals surface area contributed by atoms with Crippen molar-refractivity contribution in [1.82, 2.24) is 14.9 Å². The number of fused-ring (bicyclic) bond motifs is 2. The number of amides is 1. The van der Waals surface area contributed by atoms with Crippen molar-refractivity contribution in [3.8, 4) is 11.5 Å². The van der Waals surface area contributed by atoms with Crippen LogP contribution in [-0.4, -0.2) is 33.0 Å². The molecule has 0 unspecified atom stereocenters. The van der Waals surface area contributed by atoms with E-state index in [2.05, 4.69) is 9.97 Å². The fourth-order valence-corrected chi connectivity index (χ4v) is 3.21. The molecule has 24 heavy (non-hydrogen) atoms. The monoisotopic (exact) mass is 325 g/mol. The van der Waals surface area contributed by atoms with Crippen LogP contribution >= 0.6 is 0 Å². The SMILES string of the molecule is CC1(C)Cc2cccc(OCC(=O)N3Cc4cncnc4C3)c2O1. The summed E-state index contributed by atoms with van der Waals surface area (Å²) in [4.78, 5) is 22.4. The summed E-state index contributed by atoms with van der Waals surface area (Å²) >= 11 is 0. The third kappa shape index (κ3) is 2.68. The molecule has 3 heterocycles. The highest BCUT2D eigenvalue weighted by atomic mass is 16.5. The van der Waals surface area contributed by atoms with E-state index in [0.717, 1.165) is 29.0 Å². The number of carbonyl (C=O) groups excluding carboxylic acids is 1. The molecule has 0 fully saturated rings. The fraction of sp³-hybridized carbons (Fsp3) is 0.389. The highest BCUT2D eigenvalue weighted by Crippen LogP contribution is 2.41. The lowest BCUT2D eigenvalue weighted by Crippen LogP contribution is -2.30. The van der Waals surface area contributed by atoms with Crippen molar-refractivity contribution >= 4 is 5.91 Å². The molecule has 2 aliphatic heterocycles. The molecule has 2 aliphatic rings. The zero-order valence-corrected chi connectivity index (χ0v) is 13.8. The summed E-state index contributed by atoms with van der Waals surface area (Å²) in [6.07, 6.45) is 4.11. The van der Waals surface area contributed by atoms with Crippen LogP contribution in [0.3, 0.4) is 0 Å². The van der Waals surface area contributed by atoms with Crippen molar-refractivity contribution < 1.29 is 14.3 Å². The van der Waals surface area contributed by atoms with Crippen molar-refractivity contribution in [1.29, 1.82) is 0 Å². The van der Waals surface area contributed by atoms with Gasteiger partial charge in [0.05, 0.1) is 12.2 Å². The van der Waals surface area contributed by atoms with E-state index in [1.54, 1.807) is 11.1 Å². The number of hydrogen-bond donors (Lipinski definition) is 0. The zero-order chi connectivity index (χ0) is 16.7. The largest absolute Gasteiger partial charge is 0.483 e. The third-order valence-electron chi connectivity index (χ3n) is 4.34. The first kappa shape index (κ1) is 14.9. The summed E-state index contributed by atoms with van der Waals surface area (Å²) in [7, 11) is 0. The molecule has 0 N–H and O–H groups in total. The molecule has 1 amide bonds. The predicted molar refractivity (Wildman–Crippen MR) is 86.6 cm³/mol. The normalized spacial score (nSPS) is 17.2. The van der Waals surface area contributed by atoms with Crippen molar-refractivity contribution in [2.24, 2.45) is 0 Å². The third-order valence-corrected chi connectivity index (χ3v) is 4.34. The Kier molecular flexibility index (Phi) is 3.40. The first-order chi connectivity index (χ1) is 11.5. The van der Waals surface area contributed by atoms with Crippen molar-refractivity contribution in [2.45, 2.75) is 39.0 Å². The maximum absolute atomic E-state index is 12.4. The average molecular weight is 325 g/mol. The Morgan fingerprint density at radius 2 is 2.21 bits per heavy atom. The number of rotatable bonds is 3. The van der Waals surface area contributed by atoms with Crippen LogP contribution in [0.25, 0.3) is 0 Å². The van der Waals surface area contributed by atoms with Gasteiger partial charge in [0.1, 0.15) is 11.9 Å². The second-order valence-corrected chi connectivity index (χ2v) is 6.82. The second-order valence-electron chi connectivity index (χ2n) is 6.82. The molecule has 0 spiro atoms. The Morgan fingerprint density at radius 1 is 1.33 bits per heavy atom. The van der Waals surface area contributed by atoms with Gasteiger partial charge in [-0.2, -0.15) is 0 Å². The summed E-state index contributed by atoms with van der Waals surface area (Å²) in [6, 6.07) is 5.82. The standard InChI is InChI=1S/C18H19N3O3/c1-18(2)6-12-4-3-5-15(17(12)24-18)23-10-16(22)21-8-13-7-19-11-20-14(13)9-21/h3-5,7,11H,6,8-10H2,1-2H3. The van der Waals surface area contributed by atoms with Gasteiger partial charge >= 0.3 is 0 Å². The number of carbonyl (C=O) groups is 1. The van der Waals surface area contributed by atoms with E-state index in [1.807, 2.05) is 32.0 Å². The van der Waals surface area contributed by atoms with Gasteiger partial charge < -0.3 is 14.4 Å². The summed E-state index contributed by atoms with van der Waals surface area (Å²) in [5.74, 6) is 1.32. The highest BCUT2D eigenvalue weighted by Gasteiger charge is 2.32. The maximum Gasteiger partial charge on any atom is 0.261 e. The van der Waals surface area contributed by atoms with Crippen LogP contribution in [0.15, 0.2) is 30.7 Å². The lowest BCUT2D eigenvalue weighted by molar-refractivity contribution is -0.134. The van der Waals surface area contributed by atoms with E-state index in [9.17, 15) is 4.79 Å². The zero-order valence-electron chi connectivity index (χ0n) is 13.8. The Labute approximate surface area is 140 Å². The second kappa shape index (κ2) is 5.47. The summed E-state index contributed by atoms with van der Waals surface area (Å²) in [6.45, 7) is 5.13. The van der Waals surface area contributed by atoms with Crippen LogP contribution in [0.2, 0.25) is 0 Å². The van der Waals surface area contributed by atoms with Gasteiger partial charge in [0.25, 0.3) is 5.91 Å². The Bertz CT molecular complexity index is 779. The fourth-order valence-electron chi connectivity index (χ4n) is 3.21. The predicted octanol–water partition coefficient (Wildman–Crippen LogP) is 2.11. The lowest BCUT2D eigenvalue weighted by atomic mass is 10.0. The quantitative estimate of drug-likeness (QED) is 0.865. The van der Waals surface area contributed by atoms with Crippen molar-refractivity contribution in [3.05, 3.63) is 47.5 Å². The van der Waals surface area contributed by atoms with Crippen LogP contribution < -0.4 is 9.47 Å². The van der Waals surface area contributed by atoms with Crippen LogP contribution in [0.4, 0.5) is 0 Å². The minimum Gasteiger partial charge on any atom is -0.483 e. The van der Waals surface area contributed by atoms with E-state index in [4.69, 9.17) is 9.47 Å². The van der Waals surface area contributed by atoms with Crippen LogP contribution in [0, 0.1) is 0 Å². The van der Waals surface area contributed by atoms with E-state index < -0.39 is 0 Å². The number of nitrogens with zero attached hydrogens (tertiary/aromatic N) is 3. The first-order valence-corrected chi connectivity index (χ1v) is 8.01. The lowest BCUT2D eigenvalue weighted by Gasteiger charge is -2.19. The molecule has 1 aromatic carbocycles. The molecule has 0 radical (unpaired) electrons. The van der Waals surface area contributed by atoms with Crippen molar-refractivity contribution in [3.63, 3.8) is 0 Å². The molecule has 0 saturated carbocycles. The molecule has 0 aliphatic carbocycles. The summed E-state index contributed by atoms with van der Waals surface area (Å²) < 4.78 is 11.7. The molecule has 6 heteroatoms. The van der Waals surface area contributed by atoms with E-state index >= 15 is 0 Å². The highest BCUT2D eigenvalue weighted by molar-refractivity contribution is 5.78. The molecule has 0 bridgehead atoms. The molecular weight excluding hydrogens is 306 g/mol. The Hall–Kier alpha value is -2.63. The Balaban J connectivity index is 1.42.